The van der Waals surface area contributed by atoms with Crippen molar-refractivity contribution in [2.24, 2.45) is 0 Å². The molecule has 1 rings (SSSR count). The Labute approximate surface area is 137 Å². The number of carbonyl (C=O) groups excluding carboxylic acids is 2. The van der Waals surface area contributed by atoms with Crippen molar-refractivity contribution < 1.29 is 18.7 Å². The number of hydrogen-bond donors (Lipinski definition) is 1. The van der Waals surface area contributed by atoms with E-state index in [1.165, 1.54) is 43.5 Å². The van der Waals surface area contributed by atoms with E-state index in [2.05, 4.69) is 12.2 Å². The SMILES string of the molecule is CCCCCCCCOC(=O)C(C)NC(=O)c1ccc(F)cc1. The maximum absolute atomic E-state index is 12.8. The standard InChI is InChI=1S/C18H26FNO3/c1-3-4-5-6-7-8-13-23-18(22)14(2)20-17(21)15-9-11-16(19)12-10-15/h9-12,14H,3-8,13H2,1-2H3,(H,20,21). The zero-order valence-electron chi connectivity index (χ0n) is 13.9. The van der Waals surface area contributed by atoms with E-state index in [9.17, 15) is 14.0 Å². The van der Waals surface area contributed by atoms with Crippen molar-refractivity contribution in [1.82, 2.24) is 5.32 Å². The van der Waals surface area contributed by atoms with Crippen LogP contribution in [0.4, 0.5) is 4.39 Å². The first-order valence-corrected chi connectivity index (χ1v) is 8.27. The second-order valence-corrected chi connectivity index (χ2v) is 5.64. The summed E-state index contributed by atoms with van der Waals surface area (Å²) in [6.45, 7) is 4.12. The van der Waals surface area contributed by atoms with Gasteiger partial charge < -0.3 is 10.1 Å². The van der Waals surface area contributed by atoms with Gasteiger partial charge in [0, 0.05) is 5.56 Å². The lowest BCUT2D eigenvalue weighted by Gasteiger charge is -2.13. The van der Waals surface area contributed by atoms with Gasteiger partial charge in [-0.25, -0.2) is 9.18 Å². The van der Waals surface area contributed by atoms with E-state index in [0.717, 1.165) is 19.3 Å². The van der Waals surface area contributed by atoms with Crippen LogP contribution >= 0.6 is 0 Å². The normalized spacial score (nSPS) is 11.8. The van der Waals surface area contributed by atoms with E-state index in [-0.39, 0.29) is 0 Å². The molecule has 0 fully saturated rings. The molecule has 0 saturated heterocycles. The third-order valence-corrected chi connectivity index (χ3v) is 3.55. The number of amides is 1. The summed E-state index contributed by atoms with van der Waals surface area (Å²) in [5.74, 6) is -1.28. The van der Waals surface area contributed by atoms with Crippen LogP contribution in [0, 0.1) is 5.82 Å². The zero-order valence-corrected chi connectivity index (χ0v) is 13.9. The molecular formula is C18H26FNO3. The molecule has 1 amide bonds. The minimum absolute atomic E-state index is 0.307. The molecule has 23 heavy (non-hydrogen) atoms. The van der Waals surface area contributed by atoms with E-state index in [1.807, 2.05) is 0 Å². The Bertz CT molecular complexity index is 488. The maximum atomic E-state index is 12.8. The van der Waals surface area contributed by atoms with Gasteiger partial charge in [-0.2, -0.15) is 0 Å². The molecule has 1 N–H and O–H groups in total. The number of ether oxygens (including phenoxy) is 1. The van der Waals surface area contributed by atoms with Crippen molar-refractivity contribution in [3.63, 3.8) is 0 Å². The number of esters is 1. The third kappa shape index (κ3) is 7.77. The fraction of sp³-hybridized carbons (Fsp3) is 0.556. The summed E-state index contributed by atoms with van der Waals surface area (Å²) >= 11 is 0. The van der Waals surface area contributed by atoms with Gasteiger partial charge in [-0.05, 0) is 37.6 Å². The second kappa shape index (κ2) is 10.8. The molecule has 0 aliphatic heterocycles. The lowest BCUT2D eigenvalue weighted by Crippen LogP contribution is -2.39. The topological polar surface area (TPSA) is 55.4 Å². The van der Waals surface area contributed by atoms with E-state index in [1.54, 1.807) is 6.92 Å². The van der Waals surface area contributed by atoms with Gasteiger partial charge in [0.05, 0.1) is 6.61 Å². The average molecular weight is 323 g/mol. The quantitative estimate of drug-likeness (QED) is 0.525. The van der Waals surface area contributed by atoms with Gasteiger partial charge in [0.15, 0.2) is 0 Å². The molecule has 0 bridgehead atoms. The number of unbranched alkanes of at least 4 members (excludes halogenated alkanes) is 5. The summed E-state index contributed by atoms with van der Waals surface area (Å²) in [4.78, 5) is 23.7. The van der Waals surface area contributed by atoms with Gasteiger partial charge in [0.25, 0.3) is 5.91 Å². The Hall–Kier alpha value is -1.91. The molecule has 0 saturated carbocycles. The Morgan fingerprint density at radius 1 is 1.09 bits per heavy atom. The largest absolute Gasteiger partial charge is 0.464 e. The van der Waals surface area contributed by atoms with Crippen molar-refractivity contribution >= 4 is 11.9 Å². The summed E-state index contributed by atoms with van der Waals surface area (Å²) in [6.07, 6.45) is 6.71. The van der Waals surface area contributed by atoms with E-state index in [0.29, 0.717) is 12.2 Å². The average Bonchev–Trinajstić information content (AvgIpc) is 2.54. The van der Waals surface area contributed by atoms with Crippen molar-refractivity contribution in [3.8, 4) is 0 Å². The Kier molecular flexibility index (Phi) is 8.95. The van der Waals surface area contributed by atoms with Crippen molar-refractivity contribution in [2.45, 2.75) is 58.4 Å². The van der Waals surface area contributed by atoms with Crippen molar-refractivity contribution in [2.75, 3.05) is 6.61 Å². The van der Waals surface area contributed by atoms with Gasteiger partial charge in [-0.1, -0.05) is 39.0 Å². The lowest BCUT2D eigenvalue weighted by atomic mass is 10.1. The van der Waals surface area contributed by atoms with Gasteiger partial charge in [-0.3, -0.25) is 4.79 Å². The van der Waals surface area contributed by atoms with Crippen LogP contribution in [0.5, 0.6) is 0 Å². The number of benzene rings is 1. The van der Waals surface area contributed by atoms with Crippen LogP contribution < -0.4 is 5.32 Å². The molecule has 5 heteroatoms. The lowest BCUT2D eigenvalue weighted by molar-refractivity contribution is -0.145. The molecule has 0 heterocycles. The second-order valence-electron chi connectivity index (χ2n) is 5.64. The molecular weight excluding hydrogens is 297 g/mol. The van der Waals surface area contributed by atoms with Gasteiger partial charge in [0.1, 0.15) is 11.9 Å². The third-order valence-electron chi connectivity index (χ3n) is 3.55. The van der Waals surface area contributed by atoms with Crippen LogP contribution in [0.3, 0.4) is 0 Å². The molecule has 0 spiro atoms. The molecule has 1 aromatic rings. The Balaban J connectivity index is 2.23. The highest BCUT2D eigenvalue weighted by atomic mass is 19.1. The molecule has 1 atom stereocenters. The highest BCUT2D eigenvalue weighted by molar-refractivity contribution is 5.96. The van der Waals surface area contributed by atoms with Crippen LogP contribution in [0.15, 0.2) is 24.3 Å². The fourth-order valence-electron chi connectivity index (χ4n) is 2.12. The number of hydrogen-bond acceptors (Lipinski definition) is 3. The zero-order chi connectivity index (χ0) is 17.1. The first-order chi connectivity index (χ1) is 11.0. The number of rotatable bonds is 10. The van der Waals surface area contributed by atoms with Crippen LogP contribution in [-0.4, -0.2) is 24.5 Å². The predicted molar refractivity (Wildman–Crippen MR) is 87.7 cm³/mol. The smallest absolute Gasteiger partial charge is 0.328 e. The summed E-state index contributed by atoms with van der Waals surface area (Å²) in [7, 11) is 0. The molecule has 1 aromatic carbocycles. The van der Waals surface area contributed by atoms with Crippen molar-refractivity contribution in [3.05, 3.63) is 35.6 Å². The molecule has 0 radical (unpaired) electrons. The molecule has 0 aliphatic carbocycles. The van der Waals surface area contributed by atoms with Crippen LogP contribution in [-0.2, 0) is 9.53 Å². The van der Waals surface area contributed by atoms with Gasteiger partial charge in [0.2, 0.25) is 0 Å². The first kappa shape index (κ1) is 19.1. The van der Waals surface area contributed by atoms with Gasteiger partial charge in [-0.15, -0.1) is 0 Å². The van der Waals surface area contributed by atoms with Crippen LogP contribution in [0.1, 0.15) is 62.7 Å². The van der Waals surface area contributed by atoms with Gasteiger partial charge >= 0.3 is 5.97 Å². The van der Waals surface area contributed by atoms with Crippen molar-refractivity contribution in [1.29, 1.82) is 0 Å². The van der Waals surface area contributed by atoms with Crippen LogP contribution in [0.2, 0.25) is 0 Å². The fourth-order valence-corrected chi connectivity index (χ4v) is 2.12. The summed E-state index contributed by atoms with van der Waals surface area (Å²) in [5.41, 5.74) is 0.307. The Morgan fingerprint density at radius 2 is 1.70 bits per heavy atom. The van der Waals surface area contributed by atoms with E-state index < -0.39 is 23.7 Å². The first-order valence-electron chi connectivity index (χ1n) is 8.27. The number of carbonyl (C=O) groups is 2. The summed E-state index contributed by atoms with van der Waals surface area (Å²) in [5, 5.41) is 2.55. The predicted octanol–water partition coefficient (Wildman–Crippen LogP) is 3.85. The summed E-state index contributed by atoms with van der Waals surface area (Å²) < 4.78 is 18.0. The molecule has 0 aromatic heterocycles. The monoisotopic (exact) mass is 323 g/mol. The number of nitrogens with one attached hydrogen (secondary N) is 1. The number of halogens is 1. The molecule has 4 nitrogen and oxygen atoms in total. The minimum Gasteiger partial charge on any atom is -0.464 e. The summed E-state index contributed by atoms with van der Waals surface area (Å²) in [6, 6.07) is 4.43. The molecule has 1 unspecified atom stereocenters. The highest BCUT2D eigenvalue weighted by Crippen LogP contribution is 2.06. The van der Waals surface area contributed by atoms with Crippen LogP contribution in [0.25, 0.3) is 0 Å². The maximum Gasteiger partial charge on any atom is 0.328 e. The highest BCUT2D eigenvalue weighted by Gasteiger charge is 2.17. The Morgan fingerprint density at radius 3 is 2.35 bits per heavy atom. The van der Waals surface area contributed by atoms with E-state index >= 15 is 0 Å². The minimum atomic E-state index is -0.729. The molecule has 128 valence electrons. The molecule has 0 aliphatic rings. The van der Waals surface area contributed by atoms with E-state index in [4.69, 9.17) is 4.74 Å².